The van der Waals surface area contributed by atoms with E-state index in [0.717, 1.165) is 24.8 Å². The molecule has 1 aliphatic heterocycles. The van der Waals surface area contributed by atoms with Gasteiger partial charge >= 0.3 is 0 Å². The van der Waals surface area contributed by atoms with Crippen molar-refractivity contribution in [3.05, 3.63) is 0 Å². The average molecular weight is 284 g/mol. The monoisotopic (exact) mass is 283 g/mol. The first kappa shape index (κ1) is 12.5. The third-order valence-corrected chi connectivity index (χ3v) is 4.42. The largest absolute Gasteiger partial charge is 0.300 e. The van der Waals surface area contributed by atoms with Gasteiger partial charge in [-0.05, 0) is 32.4 Å². The Morgan fingerprint density at radius 2 is 2.21 bits per heavy atom. The van der Waals surface area contributed by atoms with Crippen LogP contribution in [-0.4, -0.2) is 49.8 Å². The third kappa shape index (κ3) is 4.28. The summed E-state index contributed by atoms with van der Waals surface area (Å²) in [6, 6.07) is 0.620. The minimum absolute atomic E-state index is 0.318. The van der Waals surface area contributed by atoms with Crippen molar-refractivity contribution < 1.29 is 8.42 Å². The molecule has 84 valence electrons. The summed E-state index contributed by atoms with van der Waals surface area (Å²) in [5.74, 6) is 0.318. The summed E-state index contributed by atoms with van der Waals surface area (Å²) >= 11 is 3.49. The molecule has 0 bridgehead atoms. The zero-order chi connectivity index (χ0) is 10.6. The van der Waals surface area contributed by atoms with Gasteiger partial charge in [0.15, 0.2) is 0 Å². The maximum atomic E-state index is 10.9. The van der Waals surface area contributed by atoms with Crippen LogP contribution in [-0.2, 0) is 9.84 Å². The second-order valence-corrected chi connectivity index (χ2v) is 6.88. The second-order valence-electron chi connectivity index (χ2n) is 3.97. The number of hydrogen-bond donors (Lipinski definition) is 0. The Morgan fingerprint density at radius 3 is 2.79 bits per heavy atom. The van der Waals surface area contributed by atoms with Gasteiger partial charge in [-0.15, -0.1) is 0 Å². The Morgan fingerprint density at radius 1 is 1.50 bits per heavy atom. The predicted molar refractivity (Wildman–Crippen MR) is 62.7 cm³/mol. The third-order valence-electron chi connectivity index (χ3n) is 2.64. The molecule has 0 radical (unpaired) electrons. The molecule has 0 amide bonds. The van der Waals surface area contributed by atoms with Gasteiger partial charge in [0.2, 0.25) is 0 Å². The topological polar surface area (TPSA) is 37.4 Å². The van der Waals surface area contributed by atoms with E-state index in [4.69, 9.17) is 0 Å². The van der Waals surface area contributed by atoms with Crippen LogP contribution >= 0.6 is 15.9 Å². The Hall–Kier alpha value is 0.390. The summed E-state index contributed by atoms with van der Waals surface area (Å²) in [6.45, 7) is 2.05. The van der Waals surface area contributed by atoms with Crippen LogP contribution in [0.25, 0.3) is 0 Å². The van der Waals surface area contributed by atoms with E-state index in [1.165, 1.54) is 19.1 Å². The quantitative estimate of drug-likeness (QED) is 0.714. The van der Waals surface area contributed by atoms with E-state index in [1.807, 2.05) is 0 Å². The number of likely N-dealkylation sites (tertiary alicyclic amines) is 1. The SMILES string of the molecule is CS(=O)(=O)CCCN1CCCC1CBr. The molecule has 1 atom stereocenters. The van der Waals surface area contributed by atoms with Crippen molar-refractivity contribution >= 4 is 25.8 Å². The lowest BCUT2D eigenvalue weighted by atomic mass is 10.2. The zero-order valence-electron chi connectivity index (χ0n) is 8.58. The van der Waals surface area contributed by atoms with E-state index in [1.54, 1.807) is 0 Å². The van der Waals surface area contributed by atoms with Crippen LogP contribution in [0.4, 0.5) is 0 Å². The molecular weight excluding hydrogens is 266 g/mol. The number of sulfone groups is 1. The van der Waals surface area contributed by atoms with E-state index in [0.29, 0.717) is 11.8 Å². The summed E-state index contributed by atoms with van der Waals surface area (Å²) in [5, 5.41) is 1.01. The van der Waals surface area contributed by atoms with Crippen LogP contribution < -0.4 is 0 Å². The van der Waals surface area contributed by atoms with E-state index in [-0.39, 0.29) is 0 Å². The van der Waals surface area contributed by atoms with Crippen molar-refractivity contribution in [2.24, 2.45) is 0 Å². The van der Waals surface area contributed by atoms with Gasteiger partial charge in [0, 0.05) is 17.6 Å². The fourth-order valence-corrected chi connectivity index (χ4v) is 3.28. The molecule has 14 heavy (non-hydrogen) atoms. The Balaban J connectivity index is 2.24. The maximum Gasteiger partial charge on any atom is 0.147 e. The lowest BCUT2D eigenvalue weighted by Gasteiger charge is -2.22. The second kappa shape index (κ2) is 5.47. The smallest absolute Gasteiger partial charge is 0.147 e. The standard InChI is InChI=1S/C9H18BrNO2S/c1-14(12,13)7-3-6-11-5-2-4-9(11)8-10/h9H,2-8H2,1H3. The van der Waals surface area contributed by atoms with Crippen molar-refractivity contribution in [2.45, 2.75) is 25.3 Å². The molecular formula is C9H18BrNO2S. The number of hydrogen-bond acceptors (Lipinski definition) is 3. The molecule has 1 rings (SSSR count). The van der Waals surface area contributed by atoms with Gasteiger partial charge < -0.3 is 0 Å². The molecule has 1 aliphatic rings. The zero-order valence-corrected chi connectivity index (χ0v) is 11.0. The first-order valence-electron chi connectivity index (χ1n) is 5.00. The fraction of sp³-hybridized carbons (Fsp3) is 1.00. The Bertz CT molecular complexity index is 266. The minimum atomic E-state index is -2.78. The van der Waals surface area contributed by atoms with E-state index >= 15 is 0 Å². The molecule has 5 heteroatoms. The molecule has 0 aromatic carbocycles. The normalized spacial score (nSPS) is 24.3. The van der Waals surface area contributed by atoms with Crippen molar-refractivity contribution in [2.75, 3.05) is 30.4 Å². The van der Waals surface area contributed by atoms with Crippen LogP contribution in [0.2, 0.25) is 0 Å². The van der Waals surface area contributed by atoms with Gasteiger partial charge in [-0.2, -0.15) is 0 Å². The van der Waals surface area contributed by atoms with E-state index < -0.39 is 9.84 Å². The molecule has 0 aromatic rings. The highest BCUT2D eigenvalue weighted by molar-refractivity contribution is 9.09. The molecule has 0 aromatic heterocycles. The predicted octanol–water partition coefficient (Wildman–Crippen LogP) is 1.28. The van der Waals surface area contributed by atoms with Crippen LogP contribution in [0.1, 0.15) is 19.3 Å². The molecule has 0 spiro atoms. The van der Waals surface area contributed by atoms with Crippen LogP contribution in [0.5, 0.6) is 0 Å². The van der Waals surface area contributed by atoms with Gasteiger partial charge in [-0.3, -0.25) is 4.90 Å². The first-order valence-corrected chi connectivity index (χ1v) is 8.19. The summed E-state index contributed by atoms with van der Waals surface area (Å²) in [6.07, 6.45) is 4.56. The van der Waals surface area contributed by atoms with E-state index in [9.17, 15) is 8.42 Å². The fourth-order valence-electron chi connectivity index (χ4n) is 1.89. The summed E-state index contributed by atoms with van der Waals surface area (Å²) in [7, 11) is -2.78. The highest BCUT2D eigenvalue weighted by Gasteiger charge is 2.22. The molecule has 0 N–H and O–H groups in total. The maximum absolute atomic E-state index is 10.9. The van der Waals surface area contributed by atoms with Gasteiger partial charge in [0.25, 0.3) is 0 Å². The van der Waals surface area contributed by atoms with Crippen molar-refractivity contribution in [3.8, 4) is 0 Å². The first-order chi connectivity index (χ1) is 6.53. The number of nitrogens with zero attached hydrogens (tertiary/aromatic N) is 1. The van der Waals surface area contributed by atoms with Crippen LogP contribution in [0.15, 0.2) is 0 Å². The van der Waals surface area contributed by atoms with Crippen molar-refractivity contribution in [1.82, 2.24) is 4.90 Å². The Labute approximate surface area is 94.9 Å². The van der Waals surface area contributed by atoms with Crippen LogP contribution in [0.3, 0.4) is 0 Å². The number of rotatable bonds is 5. The highest BCUT2D eigenvalue weighted by atomic mass is 79.9. The highest BCUT2D eigenvalue weighted by Crippen LogP contribution is 2.18. The van der Waals surface area contributed by atoms with E-state index in [2.05, 4.69) is 20.8 Å². The summed E-state index contributed by atoms with van der Waals surface area (Å²) < 4.78 is 21.9. The van der Waals surface area contributed by atoms with Crippen LogP contribution in [0, 0.1) is 0 Å². The molecule has 3 nitrogen and oxygen atoms in total. The summed E-state index contributed by atoms with van der Waals surface area (Å²) in [4.78, 5) is 2.39. The lowest BCUT2D eigenvalue weighted by molar-refractivity contribution is 0.274. The average Bonchev–Trinajstić information content (AvgIpc) is 2.49. The number of alkyl halides is 1. The molecule has 0 aliphatic carbocycles. The van der Waals surface area contributed by atoms with Gasteiger partial charge in [0.05, 0.1) is 5.75 Å². The molecule has 1 unspecified atom stereocenters. The van der Waals surface area contributed by atoms with Crippen molar-refractivity contribution in [1.29, 1.82) is 0 Å². The molecule has 1 heterocycles. The number of halogens is 1. The van der Waals surface area contributed by atoms with Gasteiger partial charge in [-0.25, -0.2) is 8.42 Å². The lowest BCUT2D eigenvalue weighted by Crippen LogP contribution is -2.32. The Kier molecular flexibility index (Phi) is 4.87. The van der Waals surface area contributed by atoms with Gasteiger partial charge in [-0.1, -0.05) is 15.9 Å². The molecule has 0 saturated carbocycles. The molecule has 1 fully saturated rings. The summed E-state index contributed by atoms with van der Waals surface area (Å²) in [5.41, 5.74) is 0. The van der Waals surface area contributed by atoms with Crippen molar-refractivity contribution in [3.63, 3.8) is 0 Å². The van der Waals surface area contributed by atoms with Gasteiger partial charge in [0.1, 0.15) is 9.84 Å². The molecule has 1 saturated heterocycles. The minimum Gasteiger partial charge on any atom is -0.300 e.